The average Bonchev–Trinajstić information content (AvgIpc) is 2.88. The standard InChI is InChI=1S/C34H43NO4/c1-22(2)35-17-7-8-18-39-31-14-11-23(26-12-9-25(32(37)38)21-30(26)36)19-27(31)24-10-13-28-29(20-24)34(5,6)16-15-33(28,3)4/h9-14,19-22,35-36H,7-8,15-18H2,1-6H3,(H,37,38). The van der Waals surface area contributed by atoms with E-state index in [2.05, 4.69) is 65.1 Å². The summed E-state index contributed by atoms with van der Waals surface area (Å²) in [6, 6.07) is 17.7. The molecule has 0 saturated carbocycles. The molecule has 208 valence electrons. The molecule has 3 aromatic carbocycles. The molecule has 1 aliphatic carbocycles. The summed E-state index contributed by atoms with van der Waals surface area (Å²) >= 11 is 0. The average molecular weight is 530 g/mol. The SMILES string of the molecule is CC(C)NCCCCOc1ccc(-c2ccc(C(=O)O)cc2O)cc1-c1ccc2c(c1)C(C)(C)CCC2(C)C. The highest BCUT2D eigenvalue weighted by molar-refractivity contribution is 5.90. The quantitative estimate of drug-likeness (QED) is 0.232. The van der Waals surface area contributed by atoms with Gasteiger partial charge in [0.1, 0.15) is 11.5 Å². The van der Waals surface area contributed by atoms with E-state index in [1.165, 1.54) is 23.3 Å². The van der Waals surface area contributed by atoms with Crippen molar-refractivity contribution in [2.75, 3.05) is 13.2 Å². The summed E-state index contributed by atoms with van der Waals surface area (Å²) in [6.45, 7) is 15.2. The molecule has 0 bridgehead atoms. The molecular weight excluding hydrogens is 486 g/mol. The second-order valence-corrected chi connectivity index (χ2v) is 12.4. The van der Waals surface area contributed by atoms with Crippen molar-refractivity contribution in [3.8, 4) is 33.8 Å². The summed E-state index contributed by atoms with van der Waals surface area (Å²) in [5, 5.41) is 23.4. The van der Waals surface area contributed by atoms with Gasteiger partial charge in [0, 0.05) is 17.2 Å². The van der Waals surface area contributed by atoms with Gasteiger partial charge in [0.05, 0.1) is 12.2 Å². The molecule has 0 aliphatic heterocycles. The van der Waals surface area contributed by atoms with Crippen LogP contribution >= 0.6 is 0 Å². The first-order valence-corrected chi connectivity index (χ1v) is 14.1. The van der Waals surface area contributed by atoms with Gasteiger partial charge in [0.25, 0.3) is 0 Å². The van der Waals surface area contributed by atoms with Crippen molar-refractivity contribution in [1.82, 2.24) is 5.32 Å². The third-order valence-corrected chi connectivity index (χ3v) is 8.08. The molecule has 5 heteroatoms. The molecule has 0 saturated heterocycles. The van der Waals surface area contributed by atoms with Crippen LogP contribution in [0.15, 0.2) is 54.6 Å². The van der Waals surface area contributed by atoms with Crippen molar-refractivity contribution in [1.29, 1.82) is 0 Å². The maximum atomic E-state index is 11.4. The fourth-order valence-electron chi connectivity index (χ4n) is 5.51. The predicted molar refractivity (Wildman–Crippen MR) is 159 cm³/mol. The minimum atomic E-state index is -1.07. The van der Waals surface area contributed by atoms with Gasteiger partial charge in [0.15, 0.2) is 0 Å². The molecular formula is C34H43NO4. The van der Waals surface area contributed by atoms with Crippen molar-refractivity contribution in [2.45, 2.75) is 84.1 Å². The van der Waals surface area contributed by atoms with Gasteiger partial charge in [-0.3, -0.25) is 0 Å². The Morgan fingerprint density at radius 1 is 0.872 bits per heavy atom. The Morgan fingerprint density at radius 2 is 1.54 bits per heavy atom. The van der Waals surface area contributed by atoms with E-state index in [4.69, 9.17) is 4.74 Å². The maximum absolute atomic E-state index is 11.4. The molecule has 0 spiro atoms. The number of phenols is 1. The summed E-state index contributed by atoms with van der Waals surface area (Å²) in [5.41, 5.74) is 6.50. The monoisotopic (exact) mass is 529 g/mol. The molecule has 0 radical (unpaired) electrons. The molecule has 3 aromatic rings. The van der Waals surface area contributed by atoms with E-state index in [1.807, 2.05) is 18.2 Å². The molecule has 1 aliphatic rings. The van der Waals surface area contributed by atoms with Crippen LogP contribution in [-0.2, 0) is 10.8 Å². The number of unbranched alkanes of at least 4 members (excludes halogenated alkanes) is 1. The lowest BCUT2D eigenvalue weighted by atomic mass is 9.63. The van der Waals surface area contributed by atoms with Crippen molar-refractivity contribution < 1.29 is 19.7 Å². The number of hydrogen-bond donors (Lipinski definition) is 3. The van der Waals surface area contributed by atoms with Gasteiger partial charge in [0.2, 0.25) is 0 Å². The van der Waals surface area contributed by atoms with E-state index < -0.39 is 5.97 Å². The van der Waals surface area contributed by atoms with Gasteiger partial charge in [-0.2, -0.15) is 0 Å². The number of hydrogen-bond acceptors (Lipinski definition) is 4. The first kappa shape index (κ1) is 28.7. The molecule has 0 unspecified atom stereocenters. The Labute approximate surface area is 233 Å². The number of nitrogens with one attached hydrogen (secondary N) is 1. The van der Waals surface area contributed by atoms with Crippen LogP contribution in [0.3, 0.4) is 0 Å². The molecule has 3 N–H and O–H groups in total. The minimum absolute atomic E-state index is 0.0551. The number of aromatic hydroxyl groups is 1. The van der Waals surface area contributed by atoms with E-state index in [9.17, 15) is 15.0 Å². The second kappa shape index (κ2) is 11.4. The third-order valence-electron chi connectivity index (χ3n) is 8.08. The minimum Gasteiger partial charge on any atom is -0.507 e. The van der Waals surface area contributed by atoms with Crippen LogP contribution in [0.25, 0.3) is 22.3 Å². The largest absolute Gasteiger partial charge is 0.507 e. The van der Waals surface area contributed by atoms with Gasteiger partial charge in [-0.1, -0.05) is 65.8 Å². The molecule has 39 heavy (non-hydrogen) atoms. The summed E-state index contributed by atoms with van der Waals surface area (Å²) in [5.74, 6) is -0.310. The summed E-state index contributed by atoms with van der Waals surface area (Å²) in [7, 11) is 0. The fourth-order valence-corrected chi connectivity index (χ4v) is 5.51. The van der Waals surface area contributed by atoms with Crippen LogP contribution < -0.4 is 10.1 Å². The van der Waals surface area contributed by atoms with Crippen LogP contribution in [0.4, 0.5) is 0 Å². The van der Waals surface area contributed by atoms with Crippen LogP contribution in [0, 0.1) is 0 Å². The highest BCUT2D eigenvalue weighted by Crippen LogP contribution is 2.48. The zero-order valence-corrected chi connectivity index (χ0v) is 24.2. The van der Waals surface area contributed by atoms with E-state index in [0.29, 0.717) is 18.2 Å². The molecule has 0 atom stereocenters. The van der Waals surface area contributed by atoms with Gasteiger partial charge in [-0.25, -0.2) is 4.79 Å². The Balaban J connectivity index is 1.73. The molecule has 4 rings (SSSR count). The summed E-state index contributed by atoms with van der Waals surface area (Å²) in [4.78, 5) is 11.4. The number of carboxylic acid groups (broad SMARTS) is 1. The van der Waals surface area contributed by atoms with Crippen molar-refractivity contribution in [3.05, 3.63) is 71.3 Å². The number of fused-ring (bicyclic) bond motifs is 1. The molecule has 0 fully saturated rings. The second-order valence-electron chi connectivity index (χ2n) is 12.4. The van der Waals surface area contributed by atoms with Crippen molar-refractivity contribution in [3.63, 3.8) is 0 Å². The molecule has 0 heterocycles. The smallest absolute Gasteiger partial charge is 0.335 e. The van der Waals surface area contributed by atoms with Crippen molar-refractivity contribution >= 4 is 5.97 Å². The lowest BCUT2D eigenvalue weighted by Gasteiger charge is -2.42. The van der Waals surface area contributed by atoms with E-state index in [0.717, 1.165) is 54.7 Å². The lowest BCUT2D eigenvalue weighted by molar-refractivity contribution is 0.0696. The third kappa shape index (κ3) is 6.47. The van der Waals surface area contributed by atoms with E-state index in [-0.39, 0.29) is 22.1 Å². The highest BCUT2D eigenvalue weighted by atomic mass is 16.5. The Bertz CT molecular complexity index is 1340. The van der Waals surface area contributed by atoms with E-state index >= 15 is 0 Å². The summed E-state index contributed by atoms with van der Waals surface area (Å²) in [6.07, 6.45) is 4.28. The summed E-state index contributed by atoms with van der Waals surface area (Å²) < 4.78 is 6.34. The molecule has 5 nitrogen and oxygen atoms in total. The zero-order valence-electron chi connectivity index (χ0n) is 24.2. The fraction of sp³-hybridized carbons (Fsp3) is 0.441. The number of ether oxygens (including phenoxy) is 1. The topological polar surface area (TPSA) is 78.8 Å². The maximum Gasteiger partial charge on any atom is 0.335 e. The molecule has 0 aromatic heterocycles. The van der Waals surface area contributed by atoms with Gasteiger partial charge in [-0.05, 0) is 95.6 Å². The predicted octanol–water partition coefficient (Wildman–Crippen LogP) is 7.93. The zero-order chi connectivity index (χ0) is 28.4. The Kier molecular flexibility index (Phi) is 8.41. The van der Waals surface area contributed by atoms with Crippen LogP contribution in [0.2, 0.25) is 0 Å². The first-order chi connectivity index (χ1) is 18.4. The lowest BCUT2D eigenvalue weighted by Crippen LogP contribution is -2.33. The van der Waals surface area contributed by atoms with Gasteiger partial charge >= 0.3 is 5.97 Å². The number of carbonyl (C=O) groups is 1. The van der Waals surface area contributed by atoms with E-state index in [1.54, 1.807) is 6.07 Å². The Hall–Kier alpha value is -3.31. The van der Waals surface area contributed by atoms with Crippen LogP contribution in [-0.4, -0.2) is 35.4 Å². The number of phenolic OH excluding ortho intramolecular Hbond substituents is 1. The first-order valence-electron chi connectivity index (χ1n) is 14.1. The van der Waals surface area contributed by atoms with Crippen molar-refractivity contribution in [2.24, 2.45) is 0 Å². The van der Waals surface area contributed by atoms with Crippen LogP contribution in [0.1, 0.15) is 88.7 Å². The van der Waals surface area contributed by atoms with Gasteiger partial charge in [-0.15, -0.1) is 0 Å². The molecule has 0 amide bonds. The number of rotatable bonds is 10. The van der Waals surface area contributed by atoms with Gasteiger partial charge < -0.3 is 20.3 Å². The number of carboxylic acids is 1. The number of aromatic carboxylic acids is 1. The highest BCUT2D eigenvalue weighted by Gasteiger charge is 2.37. The van der Waals surface area contributed by atoms with Crippen LogP contribution in [0.5, 0.6) is 11.5 Å². The normalized spacial score (nSPS) is 15.7. The number of benzene rings is 3. The Morgan fingerprint density at radius 3 is 2.21 bits per heavy atom.